The second kappa shape index (κ2) is 6.04. The Bertz CT molecular complexity index is 929. The number of carbonyl (C=O) groups is 1. The van der Waals surface area contributed by atoms with E-state index < -0.39 is 4.92 Å². The zero-order valence-corrected chi connectivity index (χ0v) is 13.1. The first-order valence-electron chi connectivity index (χ1n) is 7.25. The van der Waals surface area contributed by atoms with Crippen molar-refractivity contribution in [1.29, 1.82) is 0 Å². The minimum atomic E-state index is -0.402. The van der Waals surface area contributed by atoms with Crippen LogP contribution in [0, 0.1) is 17.0 Å². The summed E-state index contributed by atoms with van der Waals surface area (Å²) in [6, 6.07) is 12.0. The number of nitrogens with zero attached hydrogens (tertiary/aromatic N) is 4. The molecule has 1 heterocycles. The van der Waals surface area contributed by atoms with Crippen molar-refractivity contribution in [1.82, 2.24) is 15.0 Å². The zero-order chi connectivity index (χ0) is 17.3. The van der Waals surface area contributed by atoms with E-state index in [1.165, 1.54) is 17.8 Å². The molecule has 120 valence electrons. The smallest absolute Gasteiger partial charge is 0.281 e. The third-order valence-electron chi connectivity index (χ3n) is 3.76. The Kier molecular flexibility index (Phi) is 3.91. The maximum atomic E-state index is 11.4. The molecule has 3 rings (SSSR count). The van der Waals surface area contributed by atoms with Crippen molar-refractivity contribution in [2.45, 2.75) is 13.8 Å². The fourth-order valence-electron chi connectivity index (χ4n) is 2.55. The maximum Gasteiger partial charge on any atom is 0.281 e. The highest BCUT2D eigenvalue weighted by molar-refractivity contribution is 5.94. The zero-order valence-electron chi connectivity index (χ0n) is 13.1. The van der Waals surface area contributed by atoms with Gasteiger partial charge >= 0.3 is 0 Å². The number of Topliss-reactive ketones (excluding diaryl/α,β-unsaturated/α-hetero) is 1. The average molecular weight is 322 g/mol. The van der Waals surface area contributed by atoms with Gasteiger partial charge in [0.25, 0.3) is 5.69 Å². The monoisotopic (exact) mass is 322 g/mol. The molecule has 24 heavy (non-hydrogen) atoms. The molecule has 0 amide bonds. The molecule has 0 aliphatic rings. The summed E-state index contributed by atoms with van der Waals surface area (Å²) in [6.45, 7) is 3.18. The Morgan fingerprint density at radius 2 is 1.88 bits per heavy atom. The van der Waals surface area contributed by atoms with Gasteiger partial charge in [0, 0.05) is 11.1 Å². The van der Waals surface area contributed by atoms with Crippen LogP contribution in [0.5, 0.6) is 0 Å². The Hall–Kier alpha value is -3.35. The van der Waals surface area contributed by atoms with Crippen LogP contribution in [0.25, 0.3) is 16.9 Å². The minimum absolute atomic E-state index is 0.0291. The first kappa shape index (κ1) is 15.5. The maximum absolute atomic E-state index is 11.4. The summed E-state index contributed by atoms with van der Waals surface area (Å²) < 4.78 is 1.52. The highest BCUT2D eigenvalue weighted by Gasteiger charge is 2.21. The number of nitro benzene ring substituents is 1. The second-order valence-electron chi connectivity index (χ2n) is 5.36. The second-order valence-corrected chi connectivity index (χ2v) is 5.36. The van der Waals surface area contributed by atoms with Gasteiger partial charge in [0.15, 0.2) is 5.78 Å². The summed E-state index contributed by atoms with van der Waals surface area (Å²) in [6.07, 6.45) is 1.49. The number of aromatic nitrogens is 3. The Balaban J connectivity index is 2.14. The number of hydrogen-bond acceptors (Lipinski definition) is 5. The number of aryl methyl sites for hydroxylation is 1. The van der Waals surface area contributed by atoms with Crippen molar-refractivity contribution in [3.8, 4) is 16.9 Å². The van der Waals surface area contributed by atoms with Gasteiger partial charge in [0.1, 0.15) is 5.69 Å². The van der Waals surface area contributed by atoms with E-state index in [-0.39, 0.29) is 11.5 Å². The van der Waals surface area contributed by atoms with Crippen LogP contribution in [-0.4, -0.2) is 25.7 Å². The highest BCUT2D eigenvalue weighted by Crippen LogP contribution is 2.33. The third kappa shape index (κ3) is 2.67. The highest BCUT2D eigenvalue weighted by atomic mass is 16.6. The van der Waals surface area contributed by atoms with Crippen LogP contribution < -0.4 is 0 Å². The molecule has 0 N–H and O–H groups in total. The Morgan fingerprint density at radius 3 is 2.50 bits per heavy atom. The fourth-order valence-corrected chi connectivity index (χ4v) is 2.55. The van der Waals surface area contributed by atoms with Gasteiger partial charge < -0.3 is 0 Å². The van der Waals surface area contributed by atoms with E-state index in [9.17, 15) is 14.9 Å². The number of rotatable bonds is 4. The van der Waals surface area contributed by atoms with Gasteiger partial charge in [-0.25, -0.2) is 4.68 Å². The van der Waals surface area contributed by atoms with Gasteiger partial charge in [-0.15, -0.1) is 5.10 Å². The molecule has 2 aromatic carbocycles. The lowest BCUT2D eigenvalue weighted by Gasteiger charge is -2.08. The lowest BCUT2D eigenvalue weighted by molar-refractivity contribution is -0.384. The molecule has 0 aliphatic heterocycles. The van der Waals surface area contributed by atoms with Crippen LogP contribution in [0.1, 0.15) is 22.8 Å². The van der Waals surface area contributed by atoms with Gasteiger partial charge in [-0.1, -0.05) is 17.3 Å². The molecule has 0 aliphatic carbocycles. The van der Waals surface area contributed by atoms with Gasteiger partial charge in [-0.2, -0.15) is 0 Å². The predicted molar refractivity (Wildman–Crippen MR) is 88.2 cm³/mol. The molecule has 0 spiro atoms. The summed E-state index contributed by atoms with van der Waals surface area (Å²) in [4.78, 5) is 22.4. The van der Waals surface area contributed by atoms with Crippen LogP contribution in [0.3, 0.4) is 0 Å². The van der Waals surface area contributed by atoms with Crippen LogP contribution in [0.2, 0.25) is 0 Å². The SMILES string of the molecule is CC(=O)c1ccc(-n2nncc2-c2cccc(C)c2[N+](=O)[O-])cc1. The molecule has 0 saturated heterocycles. The minimum Gasteiger partial charge on any atom is -0.295 e. The predicted octanol–water partition coefficient (Wildman–Crippen LogP) is 3.35. The number of hydrogen-bond donors (Lipinski definition) is 0. The van der Waals surface area contributed by atoms with E-state index in [1.54, 1.807) is 49.4 Å². The van der Waals surface area contributed by atoms with E-state index in [1.807, 2.05) is 0 Å². The van der Waals surface area contributed by atoms with Crippen molar-refractivity contribution in [3.05, 3.63) is 69.9 Å². The van der Waals surface area contributed by atoms with Crippen LogP contribution in [-0.2, 0) is 0 Å². The molecule has 7 heteroatoms. The number of carbonyl (C=O) groups excluding carboxylic acids is 1. The van der Waals surface area contributed by atoms with Crippen molar-refractivity contribution in [2.75, 3.05) is 0 Å². The molecule has 0 unspecified atom stereocenters. The third-order valence-corrected chi connectivity index (χ3v) is 3.76. The van der Waals surface area contributed by atoms with E-state index in [0.717, 1.165) is 0 Å². The summed E-state index contributed by atoms with van der Waals surface area (Å²) in [7, 11) is 0. The summed E-state index contributed by atoms with van der Waals surface area (Å²) in [5.41, 5.74) is 2.81. The topological polar surface area (TPSA) is 90.9 Å². The molecule has 0 radical (unpaired) electrons. The first-order valence-corrected chi connectivity index (χ1v) is 7.25. The lowest BCUT2D eigenvalue weighted by atomic mass is 10.1. The average Bonchev–Trinajstić information content (AvgIpc) is 3.03. The van der Waals surface area contributed by atoms with Crippen LogP contribution in [0.15, 0.2) is 48.7 Å². The Morgan fingerprint density at radius 1 is 1.17 bits per heavy atom. The molecular formula is C17H14N4O3. The van der Waals surface area contributed by atoms with Crippen molar-refractivity contribution >= 4 is 11.5 Å². The molecule has 1 aromatic heterocycles. The fraction of sp³-hybridized carbons (Fsp3) is 0.118. The van der Waals surface area contributed by atoms with Crippen LogP contribution >= 0.6 is 0 Å². The molecule has 0 bridgehead atoms. The van der Waals surface area contributed by atoms with Crippen molar-refractivity contribution in [2.24, 2.45) is 0 Å². The molecule has 0 atom stereocenters. The summed E-state index contributed by atoms with van der Waals surface area (Å²) in [5, 5.41) is 19.3. The number of benzene rings is 2. The Labute approximate surface area is 137 Å². The van der Waals surface area contributed by atoms with E-state index >= 15 is 0 Å². The van der Waals surface area contributed by atoms with Crippen molar-refractivity contribution < 1.29 is 9.72 Å². The van der Waals surface area contributed by atoms with E-state index in [4.69, 9.17) is 0 Å². The molecular weight excluding hydrogens is 308 g/mol. The van der Waals surface area contributed by atoms with Gasteiger partial charge in [0.2, 0.25) is 0 Å². The molecule has 3 aromatic rings. The summed E-state index contributed by atoms with van der Waals surface area (Å²) in [5.74, 6) is -0.0327. The molecule has 7 nitrogen and oxygen atoms in total. The number of para-hydroxylation sites is 1. The normalized spacial score (nSPS) is 10.6. The summed E-state index contributed by atoms with van der Waals surface area (Å²) >= 11 is 0. The van der Waals surface area contributed by atoms with E-state index in [2.05, 4.69) is 10.3 Å². The lowest BCUT2D eigenvalue weighted by Crippen LogP contribution is -2.03. The first-order chi connectivity index (χ1) is 11.5. The van der Waals surface area contributed by atoms with Crippen LogP contribution in [0.4, 0.5) is 5.69 Å². The largest absolute Gasteiger partial charge is 0.295 e. The van der Waals surface area contributed by atoms with E-state index in [0.29, 0.717) is 28.1 Å². The van der Waals surface area contributed by atoms with Crippen molar-refractivity contribution in [3.63, 3.8) is 0 Å². The van der Waals surface area contributed by atoms with Gasteiger partial charge in [0.05, 0.1) is 22.4 Å². The number of nitro groups is 1. The standard InChI is InChI=1S/C17H14N4O3/c1-11-4-3-5-15(17(11)21(23)24)16-10-18-19-20(16)14-8-6-13(7-9-14)12(2)22/h3-10H,1-2H3. The molecule has 0 saturated carbocycles. The quantitative estimate of drug-likeness (QED) is 0.417. The number of ketones is 1. The van der Waals surface area contributed by atoms with Gasteiger partial charge in [-0.3, -0.25) is 14.9 Å². The van der Waals surface area contributed by atoms with Gasteiger partial charge in [-0.05, 0) is 44.2 Å². The molecule has 0 fully saturated rings.